The van der Waals surface area contributed by atoms with Gasteiger partial charge in [0.05, 0.1) is 10.2 Å². The average molecular weight is 393 g/mol. The minimum Gasteiger partial charge on any atom is -0.313 e. The van der Waals surface area contributed by atoms with Crippen LogP contribution in [-0.4, -0.2) is 15.0 Å². The van der Waals surface area contributed by atoms with E-state index in [1.807, 2.05) is 6.92 Å². The standard InChI is InChI=1S/C13H14BrFN2O2S2/c1-2-16-7-9-5-13(20-8-9)21(18,19)17-10-3-4-12(15)11(14)6-10/h3-6,8,16-17H,2,7H2,1H3. The number of anilines is 1. The van der Waals surface area contributed by atoms with Gasteiger partial charge in [-0.1, -0.05) is 6.92 Å². The summed E-state index contributed by atoms with van der Waals surface area (Å²) in [7, 11) is -3.65. The Morgan fingerprint density at radius 2 is 2.10 bits per heavy atom. The van der Waals surface area contributed by atoms with Crippen molar-refractivity contribution in [2.24, 2.45) is 0 Å². The topological polar surface area (TPSA) is 58.2 Å². The van der Waals surface area contributed by atoms with Crippen molar-refractivity contribution in [3.63, 3.8) is 0 Å². The van der Waals surface area contributed by atoms with Crippen molar-refractivity contribution in [3.05, 3.63) is 45.5 Å². The summed E-state index contributed by atoms with van der Waals surface area (Å²) in [6, 6.07) is 5.60. The Kier molecular flexibility index (Phi) is 5.37. The maximum absolute atomic E-state index is 13.1. The number of sulfonamides is 1. The molecule has 0 aliphatic rings. The zero-order chi connectivity index (χ0) is 15.5. The number of halogens is 2. The van der Waals surface area contributed by atoms with E-state index in [0.29, 0.717) is 12.2 Å². The van der Waals surface area contributed by atoms with Gasteiger partial charge < -0.3 is 5.32 Å². The van der Waals surface area contributed by atoms with Crippen molar-refractivity contribution in [3.8, 4) is 0 Å². The normalized spacial score (nSPS) is 11.6. The molecule has 0 bridgehead atoms. The SMILES string of the molecule is CCNCc1csc(S(=O)(=O)Nc2ccc(F)c(Br)c2)c1. The molecule has 2 rings (SSSR count). The van der Waals surface area contributed by atoms with Crippen LogP contribution in [0.25, 0.3) is 0 Å². The number of rotatable bonds is 6. The second-order valence-corrected chi connectivity index (χ2v) is 7.96. The predicted molar refractivity (Wildman–Crippen MR) is 86.6 cm³/mol. The van der Waals surface area contributed by atoms with E-state index in [9.17, 15) is 12.8 Å². The summed E-state index contributed by atoms with van der Waals surface area (Å²) in [4.78, 5) is 0. The number of hydrogen-bond acceptors (Lipinski definition) is 4. The van der Waals surface area contributed by atoms with Gasteiger partial charge in [0.2, 0.25) is 0 Å². The highest BCUT2D eigenvalue weighted by atomic mass is 79.9. The summed E-state index contributed by atoms with van der Waals surface area (Å²) in [5.74, 6) is -0.443. The fourth-order valence-electron chi connectivity index (χ4n) is 1.62. The smallest absolute Gasteiger partial charge is 0.271 e. The van der Waals surface area contributed by atoms with Gasteiger partial charge in [0.15, 0.2) is 0 Å². The van der Waals surface area contributed by atoms with Gasteiger partial charge in [-0.3, -0.25) is 4.72 Å². The van der Waals surface area contributed by atoms with Crippen molar-refractivity contribution >= 4 is 43.0 Å². The summed E-state index contributed by atoms with van der Waals surface area (Å²) >= 11 is 4.18. The van der Waals surface area contributed by atoms with E-state index in [0.717, 1.165) is 23.4 Å². The van der Waals surface area contributed by atoms with Crippen LogP contribution in [0.5, 0.6) is 0 Å². The Hall–Kier alpha value is -0.960. The lowest BCUT2D eigenvalue weighted by molar-refractivity contribution is 0.602. The Morgan fingerprint density at radius 3 is 2.76 bits per heavy atom. The monoisotopic (exact) mass is 392 g/mol. The molecule has 1 heterocycles. The molecule has 0 amide bonds. The molecule has 0 spiro atoms. The second-order valence-electron chi connectivity index (χ2n) is 4.29. The van der Waals surface area contributed by atoms with Gasteiger partial charge in [-0.2, -0.15) is 0 Å². The fraction of sp³-hybridized carbons (Fsp3) is 0.231. The first kappa shape index (κ1) is 16.4. The van der Waals surface area contributed by atoms with Crippen molar-refractivity contribution < 1.29 is 12.8 Å². The van der Waals surface area contributed by atoms with E-state index in [-0.39, 0.29) is 8.68 Å². The molecule has 0 saturated carbocycles. The van der Waals surface area contributed by atoms with Crippen LogP contribution in [-0.2, 0) is 16.6 Å². The first-order valence-corrected chi connectivity index (χ1v) is 9.34. The lowest BCUT2D eigenvalue weighted by atomic mass is 10.3. The first-order chi connectivity index (χ1) is 9.92. The molecule has 21 heavy (non-hydrogen) atoms. The molecule has 0 radical (unpaired) electrons. The fourth-order valence-corrected chi connectivity index (χ4v) is 4.26. The summed E-state index contributed by atoms with van der Waals surface area (Å²) in [5, 5.41) is 4.94. The van der Waals surface area contributed by atoms with Crippen LogP contribution in [0.1, 0.15) is 12.5 Å². The summed E-state index contributed by atoms with van der Waals surface area (Å²) in [5.41, 5.74) is 1.23. The third kappa shape index (κ3) is 4.26. The summed E-state index contributed by atoms with van der Waals surface area (Å²) < 4.78 is 40.5. The van der Waals surface area contributed by atoms with Gasteiger partial charge >= 0.3 is 0 Å². The molecule has 8 heteroatoms. The molecular formula is C13H14BrFN2O2S2. The lowest BCUT2D eigenvalue weighted by Crippen LogP contribution is -2.12. The van der Waals surface area contributed by atoms with Gasteiger partial charge in [0.25, 0.3) is 10.0 Å². The van der Waals surface area contributed by atoms with Gasteiger partial charge in [0, 0.05) is 6.54 Å². The van der Waals surface area contributed by atoms with Crippen LogP contribution in [0, 0.1) is 5.82 Å². The van der Waals surface area contributed by atoms with E-state index in [1.54, 1.807) is 11.4 Å². The van der Waals surface area contributed by atoms with E-state index in [1.165, 1.54) is 18.2 Å². The summed E-state index contributed by atoms with van der Waals surface area (Å²) in [6.45, 7) is 3.43. The van der Waals surface area contributed by atoms with Gasteiger partial charge in [-0.25, -0.2) is 12.8 Å². The van der Waals surface area contributed by atoms with Crippen molar-refractivity contribution in [1.82, 2.24) is 5.32 Å². The number of benzene rings is 1. The van der Waals surface area contributed by atoms with Crippen LogP contribution < -0.4 is 10.0 Å². The van der Waals surface area contributed by atoms with Crippen LogP contribution in [0.3, 0.4) is 0 Å². The first-order valence-electron chi connectivity index (χ1n) is 6.18. The molecule has 2 N–H and O–H groups in total. The van der Waals surface area contributed by atoms with Crippen molar-refractivity contribution in [2.75, 3.05) is 11.3 Å². The lowest BCUT2D eigenvalue weighted by Gasteiger charge is -2.06. The quantitative estimate of drug-likeness (QED) is 0.789. The molecule has 0 fully saturated rings. The van der Waals surface area contributed by atoms with Gasteiger partial charge in [-0.15, -0.1) is 11.3 Å². The van der Waals surface area contributed by atoms with E-state index < -0.39 is 15.8 Å². The highest BCUT2D eigenvalue weighted by Crippen LogP contribution is 2.25. The zero-order valence-corrected chi connectivity index (χ0v) is 14.4. The van der Waals surface area contributed by atoms with Crippen LogP contribution in [0.2, 0.25) is 0 Å². The minimum atomic E-state index is -3.65. The Balaban J connectivity index is 2.17. The van der Waals surface area contributed by atoms with Crippen molar-refractivity contribution in [2.45, 2.75) is 17.7 Å². The molecule has 0 saturated heterocycles. The van der Waals surface area contributed by atoms with Gasteiger partial charge in [-0.05, 0) is 57.7 Å². The molecule has 4 nitrogen and oxygen atoms in total. The molecule has 0 aliphatic carbocycles. The van der Waals surface area contributed by atoms with Crippen molar-refractivity contribution in [1.29, 1.82) is 0 Å². The largest absolute Gasteiger partial charge is 0.313 e. The van der Waals surface area contributed by atoms with Gasteiger partial charge in [0.1, 0.15) is 10.0 Å². The molecule has 1 aromatic heterocycles. The zero-order valence-electron chi connectivity index (χ0n) is 11.2. The third-order valence-electron chi connectivity index (χ3n) is 2.65. The van der Waals surface area contributed by atoms with Crippen LogP contribution in [0.15, 0.2) is 38.3 Å². The van der Waals surface area contributed by atoms with E-state index in [2.05, 4.69) is 26.0 Å². The Bertz CT molecular complexity index is 732. The van der Waals surface area contributed by atoms with Crippen LogP contribution >= 0.6 is 27.3 Å². The van der Waals surface area contributed by atoms with E-state index in [4.69, 9.17) is 0 Å². The van der Waals surface area contributed by atoms with Crippen LogP contribution in [0.4, 0.5) is 10.1 Å². The molecule has 2 aromatic rings. The Morgan fingerprint density at radius 1 is 1.33 bits per heavy atom. The molecular weight excluding hydrogens is 379 g/mol. The maximum Gasteiger partial charge on any atom is 0.271 e. The summed E-state index contributed by atoms with van der Waals surface area (Å²) in [6.07, 6.45) is 0. The molecule has 0 aliphatic heterocycles. The molecule has 0 unspecified atom stereocenters. The Labute approximate surface area is 135 Å². The highest BCUT2D eigenvalue weighted by Gasteiger charge is 2.17. The van der Waals surface area contributed by atoms with E-state index >= 15 is 0 Å². The molecule has 1 aromatic carbocycles. The number of thiophene rings is 1. The minimum absolute atomic E-state index is 0.210. The molecule has 0 atom stereocenters. The molecule has 114 valence electrons. The number of hydrogen-bond donors (Lipinski definition) is 2. The highest BCUT2D eigenvalue weighted by molar-refractivity contribution is 9.10. The maximum atomic E-state index is 13.1. The second kappa shape index (κ2) is 6.87. The third-order valence-corrected chi connectivity index (χ3v) is 6.12. The average Bonchev–Trinajstić information content (AvgIpc) is 2.90. The predicted octanol–water partition coefficient (Wildman–Crippen LogP) is 3.56. The number of nitrogens with one attached hydrogen (secondary N) is 2.